The van der Waals surface area contributed by atoms with Gasteiger partial charge in [-0.2, -0.15) is 13.2 Å². The van der Waals surface area contributed by atoms with Crippen LogP contribution in [0.3, 0.4) is 0 Å². The Kier molecular flexibility index (Phi) is 3.75. The summed E-state index contributed by atoms with van der Waals surface area (Å²) in [5.74, 6) is 0.446. The van der Waals surface area contributed by atoms with Crippen molar-refractivity contribution in [3.05, 3.63) is 40.8 Å². The Morgan fingerprint density at radius 1 is 1.16 bits per heavy atom. The fourth-order valence-electron chi connectivity index (χ4n) is 1.56. The van der Waals surface area contributed by atoms with Crippen LogP contribution in [0.1, 0.15) is 5.69 Å². The number of ether oxygens (including phenoxy) is 1. The minimum absolute atomic E-state index is 0.122. The van der Waals surface area contributed by atoms with Gasteiger partial charge in [0.1, 0.15) is 11.4 Å². The van der Waals surface area contributed by atoms with Gasteiger partial charge in [0.2, 0.25) is 0 Å². The Balaban J connectivity index is 2.60. The van der Waals surface area contributed by atoms with Crippen molar-refractivity contribution >= 4 is 15.9 Å². The largest absolute Gasteiger partial charge is 0.496 e. The van der Waals surface area contributed by atoms with Crippen LogP contribution < -0.4 is 4.74 Å². The standard InChI is InChI=1S/C12H8BrF3N2O/c1-19-9-5-3-2-4-7(9)8-6-10(12(14,15)16)18-11(13)17-8/h2-6H,1H3. The lowest BCUT2D eigenvalue weighted by Gasteiger charge is -2.10. The number of alkyl halides is 3. The third-order valence-electron chi connectivity index (χ3n) is 2.37. The van der Waals surface area contributed by atoms with Gasteiger partial charge in [-0.05, 0) is 34.1 Å². The molecule has 0 saturated carbocycles. The number of hydrogen-bond donors (Lipinski definition) is 0. The van der Waals surface area contributed by atoms with E-state index in [-0.39, 0.29) is 10.4 Å². The number of para-hydroxylation sites is 1. The van der Waals surface area contributed by atoms with Gasteiger partial charge in [-0.15, -0.1) is 0 Å². The van der Waals surface area contributed by atoms with Crippen molar-refractivity contribution in [2.75, 3.05) is 7.11 Å². The summed E-state index contributed by atoms with van der Waals surface area (Å²) < 4.78 is 43.1. The summed E-state index contributed by atoms with van der Waals surface area (Å²) in [5.41, 5.74) is -0.388. The number of methoxy groups -OCH3 is 1. The van der Waals surface area contributed by atoms with Crippen molar-refractivity contribution in [1.82, 2.24) is 9.97 Å². The lowest BCUT2D eigenvalue weighted by Crippen LogP contribution is -2.09. The Morgan fingerprint density at radius 3 is 2.47 bits per heavy atom. The second kappa shape index (κ2) is 5.16. The summed E-state index contributed by atoms with van der Waals surface area (Å²) in [5, 5.41) is 0. The SMILES string of the molecule is COc1ccccc1-c1cc(C(F)(F)F)nc(Br)n1. The Labute approximate surface area is 115 Å². The number of aromatic nitrogens is 2. The number of halogens is 4. The van der Waals surface area contributed by atoms with Crippen LogP contribution in [-0.2, 0) is 6.18 Å². The molecule has 2 aromatic rings. The Morgan fingerprint density at radius 2 is 1.84 bits per heavy atom. The highest BCUT2D eigenvalue weighted by Gasteiger charge is 2.33. The van der Waals surface area contributed by atoms with Gasteiger partial charge in [-0.3, -0.25) is 0 Å². The van der Waals surface area contributed by atoms with E-state index in [0.29, 0.717) is 11.3 Å². The van der Waals surface area contributed by atoms with E-state index in [4.69, 9.17) is 4.74 Å². The van der Waals surface area contributed by atoms with E-state index < -0.39 is 11.9 Å². The maximum atomic E-state index is 12.7. The predicted molar refractivity (Wildman–Crippen MR) is 66.7 cm³/mol. The third kappa shape index (κ3) is 3.04. The van der Waals surface area contributed by atoms with Crippen LogP contribution in [0.25, 0.3) is 11.3 Å². The lowest BCUT2D eigenvalue weighted by molar-refractivity contribution is -0.141. The first-order chi connectivity index (χ1) is 8.91. The number of benzene rings is 1. The summed E-state index contributed by atoms with van der Waals surface area (Å²) in [6, 6.07) is 7.60. The molecule has 100 valence electrons. The average Bonchev–Trinajstić information content (AvgIpc) is 2.37. The highest BCUT2D eigenvalue weighted by Crippen LogP contribution is 2.34. The molecule has 0 aliphatic heterocycles. The molecule has 1 heterocycles. The number of hydrogen-bond acceptors (Lipinski definition) is 3. The molecule has 2 rings (SSSR count). The van der Waals surface area contributed by atoms with Gasteiger partial charge in [-0.25, -0.2) is 9.97 Å². The molecule has 0 unspecified atom stereocenters. The fourth-order valence-corrected chi connectivity index (χ4v) is 1.94. The lowest BCUT2D eigenvalue weighted by atomic mass is 10.1. The molecule has 3 nitrogen and oxygen atoms in total. The normalized spacial score (nSPS) is 11.4. The third-order valence-corrected chi connectivity index (χ3v) is 2.73. The second-order valence-electron chi connectivity index (χ2n) is 3.61. The molecule has 0 fully saturated rings. The van der Waals surface area contributed by atoms with Crippen LogP contribution in [0.4, 0.5) is 13.2 Å². The maximum absolute atomic E-state index is 12.7. The molecule has 1 aromatic carbocycles. The number of nitrogens with zero attached hydrogens (tertiary/aromatic N) is 2. The maximum Gasteiger partial charge on any atom is 0.433 e. The minimum atomic E-state index is -4.53. The first kappa shape index (κ1) is 13.8. The van der Waals surface area contributed by atoms with Crippen molar-refractivity contribution in [2.45, 2.75) is 6.18 Å². The molecule has 7 heteroatoms. The molecule has 19 heavy (non-hydrogen) atoms. The van der Waals surface area contributed by atoms with E-state index in [1.807, 2.05) is 0 Å². The molecule has 0 spiro atoms. The first-order valence-corrected chi connectivity index (χ1v) is 5.96. The van der Waals surface area contributed by atoms with Gasteiger partial charge < -0.3 is 4.74 Å². The van der Waals surface area contributed by atoms with Crippen molar-refractivity contribution in [3.8, 4) is 17.0 Å². The second-order valence-corrected chi connectivity index (χ2v) is 4.31. The van der Waals surface area contributed by atoms with Crippen molar-refractivity contribution < 1.29 is 17.9 Å². The molecule has 1 aromatic heterocycles. The van der Waals surface area contributed by atoms with Crippen molar-refractivity contribution in [3.63, 3.8) is 0 Å². The zero-order valence-electron chi connectivity index (χ0n) is 9.70. The van der Waals surface area contributed by atoms with Crippen LogP contribution in [0.5, 0.6) is 5.75 Å². The van der Waals surface area contributed by atoms with Gasteiger partial charge in [0.25, 0.3) is 0 Å². The minimum Gasteiger partial charge on any atom is -0.496 e. The molecular formula is C12H8BrF3N2O. The average molecular weight is 333 g/mol. The van der Waals surface area contributed by atoms with Crippen molar-refractivity contribution in [2.24, 2.45) is 0 Å². The zero-order chi connectivity index (χ0) is 14.0. The van der Waals surface area contributed by atoms with E-state index in [1.54, 1.807) is 24.3 Å². The quantitative estimate of drug-likeness (QED) is 0.781. The van der Waals surface area contributed by atoms with E-state index in [2.05, 4.69) is 25.9 Å². The summed E-state index contributed by atoms with van der Waals surface area (Å²) >= 11 is 2.89. The molecule has 0 N–H and O–H groups in total. The molecule has 0 radical (unpaired) electrons. The molecule has 0 aliphatic carbocycles. The van der Waals surface area contributed by atoms with Gasteiger partial charge in [0.05, 0.1) is 12.8 Å². The molecule has 0 bridgehead atoms. The molecule has 0 atom stereocenters. The predicted octanol–water partition coefficient (Wildman–Crippen LogP) is 3.93. The van der Waals surface area contributed by atoms with Gasteiger partial charge >= 0.3 is 6.18 Å². The van der Waals surface area contributed by atoms with E-state index in [1.165, 1.54) is 7.11 Å². The first-order valence-electron chi connectivity index (χ1n) is 5.17. The molecule has 0 aliphatic rings. The molecular weight excluding hydrogens is 325 g/mol. The summed E-state index contributed by atoms with van der Waals surface area (Å²) in [7, 11) is 1.44. The Bertz CT molecular complexity index is 602. The van der Waals surface area contributed by atoms with Crippen LogP contribution in [0, 0.1) is 0 Å². The topological polar surface area (TPSA) is 35.0 Å². The van der Waals surface area contributed by atoms with Gasteiger partial charge in [0.15, 0.2) is 4.73 Å². The van der Waals surface area contributed by atoms with Gasteiger partial charge in [-0.1, -0.05) is 12.1 Å². The highest BCUT2D eigenvalue weighted by atomic mass is 79.9. The van der Waals surface area contributed by atoms with Gasteiger partial charge in [0, 0.05) is 5.56 Å². The van der Waals surface area contributed by atoms with Crippen LogP contribution >= 0.6 is 15.9 Å². The summed E-state index contributed by atoms with van der Waals surface area (Å²) in [6.45, 7) is 0. The van der Waals surface area contributed by atoms with E-state index in [9.17, 15) is 13.2 Å². The molecule has 0 saturated heterocycles. The van der Waals surface area contributed by atoms with Crippen molar-refractivity contribution in [1.29, 1.82) is 0 Å². The highest BCUT2D eigenvalue weighted by molar-refractivity contribution is 9.10. The monoisotopic (exact) mass is 332 g/mol. The smallest absolute Gasteiger partial charge is 0.433 e. The summed E-state index contributed by atoms with van der Waals surface area (Å²) in [4.78, 5) is 7.28. The van der Waals surface area contributed by atoms with Crippen LogP contribution in [0.2, 0.25) is 0 Å². The van der Waals surface area contributed by atoms with Crippen LogP contribution in [0.15, 0.2) is 35.1 Å². The van der Waals surface area contributed by atoms with Crippen LogP contribution in [-0.4, -0.2) is 17.1 Å². The summed E-state index contributed by atoms with van der Waals surface area (Å²) in [6.07, 6.45) is -4.53. The fraction of sp³-hybridized carbons (Fsp3) is 0.167. The van der Waals surface area contributed by atoms with E-state index in [0.717, 1.165) is 6.07 Å². The number of rotatable bonds is 2. The van der Waals surface area contributed by atoms with E-state index >= 15 is 0 Å². The zero-order valence-corrected chi connectivity index (χ0v) is 11.3. The molecule has 0 amide bonds. The Hall–Kier alpha value is -1.63.